The van der Waals surface area contributed by atoms with Gasteiger partial charge in [0.15, 0.2) is 0 Å². The number of aryl methyl sites for hydroxylation is 1. The highest BCUT2D eigenvalue weighted by atomic mass is 19.4. The van der Waals surface area contributed by atoms with E-state index < -0.39 is 12.7 Å². The molecule has 0 saturated carbocycles. The second-order valence-corrected chi connectivity index (χ2v) is 7.56. The van der Waals surface area contributed by atoms with Gasteiger partial charge in [-0.3, -0.25) is 9.69 Å². The quantitative estimate of drug-likeness (QED) is 0.734. The first-order chi connectivity index (χ1) is 13.7. The van der Waals surface area contributed by atoms with Crippen molar-refractivity contribution < 1.29 is 22.7 Å². The van der Waals surface area contributed by atoms with Crippen LogP contribution in [0.5, 0.6) is 5.88 Å². The van der Waals surface area contributed by atoms with Crippen molar-refractivity contribution in [3.63, 3.8) is 0 Å². The molecule has 1 aromatic rings. The molecule has 0 aromatic carbocycles. The highest BCUT2D eigenvalue weighted by Gasteiger charge is 2.35. The van der Waals surface area contributed by atoms with E-state index in [1.807, 2.05) is 23.6 Å². The first-order valence-electron chi connectivity index (χ1n) is 10.1. The maximum Gasteiger partial charge on any atom is 0.401 e. The number of piperidine rings is 1. The van der Waals surface area contributed by atoms with Crippen molar-refractivity contribution in [3.05, 3.63) is 11.8 Å². The van der Waals surface area contributed by atoms with Crippen molar-refractivity contribution in [2.75, 3.05) is 57.3 Å². The van der Waals surface area contributed by atoms with Crippen molar-refractivity contribution in [2.45, 2.75) is 32.9 Å². The number of ether oxygens (including phenoxy) is 1. The van der Waals surface area contributed by atoms with Crippen molar-refractivity contribution in [3.8, 4) is 5.88 Å². The molecule has 1 amide bonds. The fourth-order valence-electron chi connectivity index (χ4n) is 3.86. The molecule has 7 nitrogen and oxygen atoms in total. The predicted octanol–water partition coefficient (Wildman–Crippen LogP) is 2.11. The third-order valence-corrected chi connectivity index (χ3v) is 5.33. The SMILES string of the molecule is CCOc1cc(C)nc(N2CCN(C(=O)C3CCN(CC(F)(F)F)CC3)CC2)n1. The van der Waals surface area contributed by atoms with Gasteiger partial charge in [-0.2, -0.15) is 18.2 Å². The molecule has 10 heteroatoms. The molecule has 2 aliphatic rings. The van der Waals surface area contributed by atoms with E-state index in [2.05, 4.69) is 9.97 Å². The molecule has 2 fully saturated rings. The van der Waals surface area contributed by atoms with Gasteiger partial charge in [-0.25, -0.2) is 4.98 Å². The number of anilines is 1. The van der Waals surface area contributed by atoms with E-state index >= 15 is 0 Å². The number of amides is 1. The number of nitrogens with zero attached hydrogens (tertiary/aromatic N) is 5. The molecule has 0 bridgehead atoms. The van der Waals surface area contributed by atoms with Crippen LogP contribution >= 0.6 is 0 Å². The Kier molecular flexibility index (Phi) is 6.81. The van der Waals surface area contributed by atoms with Gasteiger partial charge in [0.1, 0.15) is 0 Å². The number of hydrogen-bond acceptors (Lipinski definition) is 6. The van der Waals surface area contributed by atoms with Crippen LogP contribution in [0, 0.1) is 12.8 Å². The minimum absolute atomic E-state index is 0.0523. The third kappa shape index (κ3) is 5.94. The normalized spacial score (nSPS) is 19.5. The maximum atomic E-state index is 12.8. The summed E-state index contributed by atoms with van der Waals surface area (Å²) >= 11 is 0. The summed E-state index contributed by atoms with van der Waals surface area (Å²) in [5.41, 5.74) is 0.822. The average molecular weight is 415 g/mol. The first-order valence-corrected chi connectivity index (χ1v) is 10.1. The summed E-state index contributed by atoms with van der Waals surface area (Å²) < 4.78 is 43.0. The largest absolute Gasteiger partial charge is 0.478 e. The molecule has 3 rings (SSSR count). The van der Waals surface area contributed by atoms with Gasteiger partial charge >= 0.3 is 6.18 Å². The lowest BCUT2D eigenvalue weighted by atomic mass is 9.95. The average Bonchev–Trinajstić information content (AvgIpc) is 2.67. The van der Waals surface area contributed by atoms with Crippen molar-refractivity contribution >= 4 is 11.9 Å². The monoisotopic (exact) mass is 415 g/mol. The zero-order valence-electron chi connectivity index (χ0n) is 16.9. The van der Waals surface area contributed by atoms with E-state index in [9.17, 15) is 18.0 Å². The Hall–Kier alpha value is -2.10. The maximum absolute atomic E-state index is 12.8. The Balaban J connectivity index is 1.50. The Bertz CT molecular complexity index is 700. The van der Waals surface area contributed by atoms with Crippen LogP contribution in [-0.2, 0) is 4.79 Å². The molecule has 162 valence electrons. The van der Waals surface area contributed by atoms with Crippen LogP contribution in [0.2, 0.25) is 0 Å². The Morgan fingerprint density at radius 3 is 2.38 bits per heavy atom. The Labute approximate surface area is 168 Å². The summed E-state index contributed by atoms with van der Waals surface area (Å²) in [6.07, 6.45) is -3.23. The van der Waals surface area contributed by atoms with Gasteiger partial charge in [-0.15, -0.1) is 0 Å². The first kappa shape index (κ1) is 21.6. The van der Waals surface area contributed by atoms with Gasteiger partial charge in [-0.05, 0) is 39.8 Å². The predicted molar refractivity (Wildman–Crippen MR) is 102 cm³/mol. The molecule has 3 heterocycles. The van der Waals surface area contributed by atoms with E-state index in [1.54, 1.807) is 6.07 Å². The second kappa shape index (κ2) is 9.15. The smallest absolute Gasteiger partial charge is 0.401 e. The van der Waals surface area contributed by atoms with Crippen LogP contribution in [0.15, 0.2) is 6.07 Å². The van der Waals surface area contributed by atoms with Gasteiger partial charge in [-0.1, -0.05) is 0 Å². The standard InChI is InChI=1S/C19H28F3N5O2/c1-3-29-16-12-14(2)23-18(24-16)27-10-8-26(9-11-27)17(28)15-4-6-25(7-5-15)13-19(20,21)22/h12,15H,3-11,13H2,1-2H3. The van der Waals surface area contributed by atoms with Crippen molar-refractivity contribution in [2.24, 2.45) is 5.92 Å². The summed E-state index contributed by atoms with van der Waals surface area (Å²) in [7, 11) is 0. The fraction of sp³-hybridized carbons (Fsp3) is 0.737. The Morgan fingerprint density at radius 2 is 1.79 bits per heavy atom. The van der Waals surface area contributed by atoms with Gasteiger partial charge in [0, 0.05) is 43.9 Å². The number of halogens is 3. The minimum Gasteiger partial charge on any atom is -0.478 e. The third-order valence-electron chi connectivity index (χ3n) is 5.33. The highest BCUT2D eigenvalue weighted by molar-refractivity contribution is 5.79. The lowest BCUT2D eigenvalue weighted by Crippen LogP contribution is -2.52. The van der Waals surface area contributed by atoms with Crippen LogP contribution in [0.4, 0.5) is 19.1 Å². The van der Waals surface area contributed by atoms with Gasteiger partial charge in [0.25, 0.3) is 0 Å². The van der Waals surface area contributed by atoms with Crippen molar-refractivity contribution in [1.29, 1.82) is 0 Å². The van der Waals surface area contributed by atoms with Crippen LogP contribution in [0.3, 0.4) is 0 Å². The van der Waals surface area contributed by atoms with Crippen LogP contribution in [0.1, 0.15) is 25.5 Å². The molecule has 0 radical (unpaired) electrons. The summed E-state index contributed by atoms with van der Waals surface area (Å²) in [5.74, 6) is 1.00. The molecule has 0 unspecified atom stereocenters. The molecule has 0 N–H and O–H groups in total. The number of rotatable bonds is 5. The topological polar surface area (TPSA) is 61.8 Å². The molecule has 29 heavy (non-hydrogen) atoms. The zero-order chi connectivity index (χ0) is 21.0. The summed E-state index contributed by atoms with van der Waals surface area (Å²) in [4.78, 5) is 26.9. The Morgan fingerprint density at radius 1 is 1.14 bits per heavy atom. The van der Waals surface area contributed by atoms with Gasteiger partial charge in [0.2, 0.25) is 17.7 Å². The van der Waals surface area contributed by atoms with Crippen LogP contribution in [-0.4, -0.2) is 84.3 Å². The number of alkyl halides is 3. The molecule has 2 saturated heterocycles. The molecule has 0 atom stereocenters. The lowest BCUT2D eigenvalue weighted by molar-refractivity contribution is -0.151. The number of likely N-dealkylation sites (tertiary alicyclic amines) is 1. The van der Waals surface area contributed by atoms with E-state index in [-0.39, 0.29) is 11.8 Å². The number of carbonyl (C=O) groups is 1. The highest BCUT2D eigenvalue weighted by Crippen LogP contribution is 2.25. The molecule has 0 spiro atoms. The van der Waals surface area contributed by atoms with Gasteiger partial charge < -0.3 is 14.5 Å². The van der Waals surface area contributed by atoms with E-state index in [0.717, 1.165) is 5.69 Å². The molecular formula is C19H28F3N5O2. The van der Waals surface area contributed by atoms with E-state index in [4.69, 9.17) is 4.74 Å². The van der Waals surface area contributed by atoms with E-state index in [1.165, 1.54) is 4.90 Å². The van der Waals surface area contributed by atoms with Crippen LogP contribution in [0.25, 0.3) is 0 Å². The summed E-state index contributed by atoms with van der Waals surface area (Å²) in [5, 5.41) is 0. The second-order valence-electron chi connectivity index (χ2n) is 7.56. The van der Waals surface area contributed by atoms with E-state index in [0.29, 0.717) is 70.5 Å². The molecule has 0 aliphatic carbocycles. The summed E-state index contributed by atoms with van der Waals surface area (Å²) in [6.45, 7) is 6.40. The lowest BCUT2D eigenvalue weighted by Gasteiger charge is -2.38. The van der Waals surface area contributed by atoms with Crippen LogP contribution < -0.4 is 9.64 Å². The molecule has 1 aromatic heterocycles. The molecule has 2 aliphatic heterocycles. The number of aromatic nitrogens is 2. The number of hydrogen-bond donors (Lipinski definition) is 0. The fourth-order valence-corrected chi connectivity index (χ4v) is 3.86. The number of carbonyl (C=O) groups excluding carboxylic acids is 1. The van der Waals surface area contributed by atoms with Gasteiger partial charge in [0.05, 0.1) is 13.2 Å². The minimum atomic E-state index is -4.19. The van der Waals surface area contributed by atoms with Crippen molar-refractivity contribution in [1.82, 2.24) is 19.8 Å². The number of piperazine rings is 1. The zero-order valence-corrected chi connectivity index (χ0v) is 16.9. The summed E-state index contributed by atoms with van der Waals surface area (Å²) in [6, 6.07) is 1.79. The molecular weight excluding hydrogens is 387 g/mol.